The molecule has 1 N–H and O–H groups in total. The number of aryl methyl sites for hydroxylation is 1. The molecule has 10 heteroatoms. The van der Waals surface area contributed by atoms with E-state index in [0.29, 0.717) is 28.2 Å². The number of piperazine rings is 1. The molecule has 4 aromatic rings. The van der Waals surface area contributed by atoms with Crippen LogP contribution < -0.4 is 15.0 Å². The number of hydrogen-bond donors (Lipinski definition) is 1. The van der Waals surface area contributed by atoms with E-state index in [-0.39, 0.29) is 17.4 Å². The van der Waals surface area contributed by atoms with E-state index in [1.807, 2.05) is 6.07 Å². The maximum atomic E-state index is 14.5. The topological polar surface area (TPSA) is 88.4 Å². The molecule has 2 aliphatic heterocycles. The molecule has 2 saturated heterocycles. The largest absolute Gasteiger partial charge is 0.467 e. The third-order valence-corrected chi connectivity index (χ3v) is 7.00. The minimum atomic E-state index is -0.492. The Kier molecular flexibility index (Phi) is 5.25. The maximum absolute atomic E-state index is 14.5. The molecule has 2 aliphatic rings. The number of rotatable bonds is 4. The van der Waals surface area contributed by atoms with Crippen molar-refractivity contribution in [3.05, 3.63) is 48.0 Å². The smallest absolute Gasteiger partial charge is 0.316 e. The van der Waals surface area contributed by atoms with Gasteiger partial charge in [-0.05, 0) is 43.7 Å². The molecule has 0 aliphatic carbocycles. The molecule has 2 fully saturated rings. The number of nitrogens with one attached hydrogen (secondary N) is 1. The summed E-state index contributed by atoms with van der Waals surface area (Å²) >= 11 is 0. The summed E-state index contributed by atoms with van der Waals surface area (Å²) in [5.74, 6) is -0.876. The molecule has 35 heavy (non-hydrogen) atoms. The molecule has 1 atom stereocenters. The van der Waals surface area contributed by atoms with Gasteiger partial charge in [0.1, 0.15) is 5.52 Å². The van der Waals surface area contributed by atoms with Gasteiger partial charge in [-0.1, -0.05) is 0 Å². The van der Waals surface area contributed by atoms with E-state index in [4.69, 9.17) is 4.74 Å². The second kappa shape index (κ2) is 8.46. The second-order valence-electron chi connectivity index (χ2n) is 9.18. The van der Waals surface area contributed by atoms with E-state index in [0.717, 1.165) is 30.7 Å². The molecule has 6 rings (SSSR count). The molecule has 2 aromatic heterocycles. The van der Waals surface area contributed by atoms with Gasteiger partial charge in [-0.3, -0.25) is 14.4 Å². The van der Waals surface area contributed by atoms with Crippen LogP contribution in [0.5, 0.6) is 6.01 Å². The number of ether oxygens (including phenoxy) is 1. The van der Waals surface area contributed by atoms with Gasteiger partial charge in [0.2, 0.25) is 0 Å². The summed E-state index contributed by atoms with van der Waals surface area (Å²) < 4.78 is 21.3. The third kappa shape index (κ3) is 3.83. The van der Waals surface area contributed by atoms with Crippen LogP contribution in [-0.4, -0.2) is 69.9 Å². The number of anilines is 2. The number of nitrogens with zero attached hydrogens (tertiary/aromatic N) is 6. The minimum Gasteiger partial charge on any atom is -0.467 e. The van der Waals surface area contributed by atoms with Gasteiger partial charge in [0.25, 0.3) is 5.91 Å². The summed E-state index contributed by atoms with van der Waals surface area (Å²) in [6.45, 7) is 4.04. The lowest BCUT2D eigenvalue weighted by Gasteiger charge is -2.39. The summed E-state index contributed by atoms with van der Waals surface area (Å²) in [6.07, 6.45) is 5.87. The van der Waals surface area contributed by atoms with Crippen molar-refractivity contribution in [1.82, 2.24) is 24.6 Å². The lowest BCUT2D eigenvalue weighted by Crippen LogP contribution is -2.50. The lowest BCUT2D eigenvalue weighted by molar-refractivity contribution is 0.102. The molecule has 180 valence electrons. The Balaban J connectivity index is 1.36. The van der Waals surface area contributed by atoms with Crippen molar-refractivity contribution in [3.8, 4) is 6.01 Å². The average molecular weight is 476 g/mol. The fourth-order valence-corrected chi connectivity index (χ4v) is 5.34. The van der Waals surface area contributed by atoms with Crippen LogP contribution in [0, 0.1) is 5.82 Å². The second-order valence-corrected chi connectivity index (χ2v) is 9.18. The predicted molar refractivity (Wildman–Crippen MR) is 132 cm³/mol. The highest BCUT2D eigenvalue weighted by Crippen LogP contribution is 2.33. The van der Waals surface area contributed by atoms with Gasteiger partial charge in [0.15, 0.2) is 5.82 Å². The van der Waals surface area contributed by atoms with Crippen LogP contribution in [0.15, 0.2) is 36.7 Å². The number of methoxy groups -OCH3 is 1. The quantitative estimate of drug-likeness (QED) is 0.485. The molecule has 1 unspecified atom stereocenters. The summed E-state index contributed by atoms with van der Waals surface area (Å²) in [7, 11) is 3.22. The minimum absolute atomic E-state index is 0.187. The first-order chi connectivity index (χ1) is 17.0. The van der Waals surface area contributed by atoms with E-state index in [9.17, 15) is 9.18 Å². The van der Waals surface area contributed by atoms with E-state index >= 15 is 0 Å². The first-order valence-electron chi connectivity index (χ1n) is 11.8. The van der Waals surface area contributed by atoms with Crippen LogP contribution in [0.1, 0.15) is 23.2 Å². The normalized spacial score (nSPS) is 18.3. The van der Waals surface area contributed by atoms with E-state index in [1.165, 1.54) is 32.6 Å². The number of benzene rings is 2. The highest BCUT2D eigenvalue weighted by atomic mass is 19.1. The van der Waals surface area contributed by atoms with Crippen LogP contribution in [0.4, 0.5) is 15.8 Å². The Hall–Kier alpha value is -3.79. The fourth-order valence-electron chi connectivity index (χ4n) is 5.34. The van der Waals surface area contributed by atoms with E-state index in [2.05, 4.69) is 30.2 Å². The Morgan fingerprint density at radius 3 is 2.94 bits per heavy atom. The Morgan fingerprint density at radius 2 is 2.09 bits per heavy atom. The SMILES string of the molecule is COc1ncc2c(N3CCN4CCCC4C3)ccc(C(=O)Nc3cc(F)c4nn(C)cc4c3)c2n1. The zero-order valence-corrected chi connectivity index (χ0v) is 19.7. The first kappa shape index (κ1) is 21.7. The van der Waals surface area contributed by atoms with Crippen molar-refractivity contribution in [2.75, 3.05) is 43.5 Å². The standard InChI is InChI=1S/C25H26FN7O2/c1-31-13-15-10-16(11-20(26)22(15)30-31)28-24(34)18-5-6-21(19-12-27-25(35-2)29-23(18)19)33-9-8-32-7-3-4-17(32)14-33/h5-6,10-13,17H,3-4,7-9,14H2,1-2H3,(H,28,34). The molecule has 0 spiro atoms. The molecule has 9 nitrogen and oxygen atoms in total. The van der Waals surface area contributed by atoms with Crippen LogP contribution in [0.3, 0.4) is 0 Å². The van der Waals surface area contributed by atoms with Gasteiger partial charge < -0.3 is 15.0 Å². The maximum Gasteiger partial charge on any atom is 0.316 e. The van der Waals surface area contributed by atoms with Gasteiger partial charge in [0.05, 0.1) is 18.2 Å². The number of halogens is 1. The number of aromatic nitrogens is 4. The number of amides is 1. The molecule has 1 amide bonds. The monoisotopic (exact) mass is 475 g/mol. The van der Waals surface area contributed by atoms with Crippen molar-refractivity contribution < 1.29 is 13.9 Å². The number of fused-ring (bicyclic) bond motifs is 3. The molecule has 0 radical (unpaired) electrons. The zero-order chi connectivity index (χ0) is 24.1. The fraction of sp³-hybridized carbons (Fsp3) is 0.360. The molecular weight excluding hydrogens is 449 g/mol. The Bertz CT molecular complexity index is 1450. The number of carbonyl (C=O) groups is 1. The van der Waals surface area contributed by atoms with Crippen molar-refractivity contribution in [2.24, 2.45) is 7.05 Å². The van der Waals surface area contributed by atoms with Gasteiger partial charge in [-0.25, -0.2) is 9.37 Å². The molecular formula is C25H26FN7O2. The van der Waals surface area contributed by atoms with Gasteiger partial charge >= 0.3 is 6.01 Å². The van der Waals surface area contributed by atoms with Crippen molar-refractivity contribution >= 4 is 39.1 Å². The Labute approximate surface area is 201 Å². The van der Waals surface area contributed by atoms with Gasteiger partial charge in [0, 0.05) is 67.3 Å². The van der Waals surface area contributed by atoms with Crippen LogP contribution in [0.2, 0.25) is 0 Å². The Morgan fingerprint density at radius 1 is 1.20 bits per heavy atom. The van der Waals surface area contributed by atoms with Crippen LogP contribution in [0.25, 0.3) is 21.8 Å². The summed E-state index contributed by atoms with van der Waals surface area (Å²) in [5.41, 5.74) is 2.50. The summed E-state index contributed by atoms with van der Waals surface area (Å²) in [4.78, 5) is 27.1. The number of hydrogen-bond acceptors (Lipinski definition) is 7. The predicted octanol–water partition coefficient (Wildman–Crippen LogP) is 3.20. The van der Waals surface area contributed by atoms with Crippen molar-refractivity contribution in [1.29, 1.82) is 0 Å². The van der Waals surface area contributed by atoms with E-state index in [1.54, 1.807) is 36.3 Å². The first-order valence-corrected chi connectivity index (χ1v) is 11.8. The molecule has 2 aromatic carbocycles. The van der Waals surface area contributed by atoms with Crippen molar-refractivity contribution in [2.45, 2.75) is 18.9 Å². The van der Waals surface area contributed by atoms with Crippen LogP contribution >= 0.6 is 0 Å². The zero-order valence-electron chi connectivity index (χ0n) is 19.7. The molecule has 4 heterocycles. The third-order valence-electron chi connectivity index (χ3n) is 7.00. The molecule has 0 saturated carbocycles. The highest BCUT2D eigenvalue weighted by molar-refractivity contribution is 6.14. The number of carbonyl (C=O) groups excluding carboxylic acids is 1. The average Bonchev–Trinajstić information content (AvgIpc) is 3.48. The van der Waals surface area contributed by atoms with Gasteiger partial charge in [-0.2, -0.15) is 10.1 Å². The van der Waals surface area contributed by atoms with Crippen molar-refractivity contribution in [3.63, 3.8) is 0 Å². The highest BCUT2D eigenvalue weighted by Gasteiger charge is 2.31. The van der Waals surface area contributed by atoms with Gasteiger partial charge in [-0.15, -0.1) is 0 Å². The summed E-state index contributed by atoms with van der Waals surface area (Å²) in [5, 5.41) is 8.34. The van der Waals surface area contributed by atoms with Crippen LogP contribution in [-0.2, 0) is 7.05 Å². The lowest BCUT2D eigenvalue weighted by atomic mass is 10.1. The van der Waals surface area contributed by atoms with E-state index < -0.39 is 5.82 Å². The molecule has 0 bridgehead atoms. The summed E-state index contributed by atoms with van der Waals surface area (Å²) in [6, 6.07) is 7.46.